The van der Waals surface area contributed by atoms with Gasteiger partial charge in [-0.2, -0.15) is 0 Å². The summed E-state index contributed by atoms with van der Waals surface area (Å²) in [6.45, 7) is 0.720. The lowest BCUT2D eigenvalue weighted by molar-refractivity contribution is -0.144. The number of carbonyl (C=O) groups excluding carboxylic acids is 2. The lowest BCUT2D eigenvalue weighted by atomic mass is 9.95. The van der Waals surface area contributed by atoms with E-state index in [1.165, 1.54) is 6.26 Å². The summed E-state index contributed by atoms with van der Waals surface area (Å²) >= 11 is 0. The number of nitrogens with one attached hydrogen (secondary N) is 1. The van der Waals surface area contributed by atoms with Crippen LogP contribution in [-0.2, 0) is 9.53 Å². The molecule has 1 amide bonds. The van der Waals surface area contributed by atoms with Crippen LogP contribution in [0.1, 0.15) is 36.2 Å². The highest BCUT2D eigenvalue weighted by molar-refractivity contribution is 5.91. The Morgan fingerprint density at radius 1 is 1.40 bits per heavy atom. The molecule has 0 aromatic carbocycles. The number of hydrogen-bond acceptors (Lipinski definition) is 4. The molecule has 1 unspecified atom stereocenters. The minimum absolute atomic E-state index is 0.176. The maximum Gasteiger partial charge on any atom is 0.307 e. The second kappa shape index (κ2) is 7.53. The summed E-state index contributed by atoms with van der Waals surface area (Å²) in [5.74, 6) is 0.0773. The third-order valence-electron chi connectivity index (χ3n) is 3.22. The second-order valence-electron chi connectivity index (χ2n) is 4.82. The topological polar surface area (TPSA) is 68.5 Å². The zero-order valence-electron chi connectivity index (χ0n) is 11.3. The van der Waals surface area contributed by atoms with Crippen molar-refractivity contribution in [2.75, 3.05) is 13.2 Å². The van der Waals surface area contributed by atoms with Crippen LogP contribution in [0.3, 0.4) is 0 Å². The average Bonchev–Trinajstić information content (AvgIpc) is 3.00. The van der Waals surface area contributed by atoms with Crippen molar-refractivity contribution in [2.45, 2.75) is 25.7 Å². The molecule has 5 nitrogen and oxygen atoms in total. The first-order valence-electron chi connectivity index (χ1n) is 6.88. The summed E-state index contributed by atoms with van der Waals surface area (Å²) in [4.78, 5) is 23.1. The molecule has 1 heterocycles. The first-order valence-corrected chi connectivity index (χ1v) is 6.88. The molecule has 5 heteroatoms. The Kier molecular flexibility index (Phi) is 5.41. The van der Waals surface area contributed by atoms with Gasteiger partial charge < -0.3 is 14.5 Å². The van der Waals surface area contributed by atoms with E-state index in [0.29, 0.717) is 12.5 Å². The normalized spacial score (nSPS) is 17.7. The quantitative estimate of drug-likeness (QED) is 0.640. The van der Waals surface area contributed by atoms with Crippen molar-refractivity contribution in [3.63, 3.8) is 0 Å². The van der Waals surface area contributed by atoms with E-state index in [4.69, 9.17) is 9.15 Å². The van der Waals surface area contributed by atoms with Gasteiger partial charge in [-0.3, -0.25) is 9.59 Å². The molecule has 0 saturated carbocycles. The average molecular weight is 277 g/mol. The molecular weight excluding hydrogens is 258 g/mol. The highest BCUT2D eigenvalue weighted by Crippen LogP contribution is 2.18. The van der Waals surface area contributed by atoms with E-state index in [9.17, 15) is 9.59 Å². The van der Waals surface area contributed by atoms with E-state index >= 15 is 0 Å². The fourth-order valence-corrected chi connectivity index (χ4v) is 2.06. The van der Waals surface area contributed by atoms with Gasteiger partial charge in [0.1, 0.15) is 0 Å². The molecule has 0 bridgehead atoms. The van der Waals surface area contributed by atoms with Crippen LogP contribution in [0, 0.1) is 5.92 Å². The summed E-state index contributed by atoms with van der Waals surface area (Å²) in [6.07, 6.45) is 8.99. The molecule has 1 aromatic rings. The Balaban J connectivity index is 1.58. The van der Waals surface area contributed by atoms with Crippen LogP contribution in [0.25, 0.3) is 0 Å². The third-order valence-corrected chi connectivity index (χ3v) is 3.22. The monoisotopic (exact) mass is 277 g/mol. The van der Waals surface area contributed by atoms with E-state index in [1.54, 1.807) is 12.1 Å². The Morgan fingerprint density at radius 3 is 3.00 bits per heavy atom. The molecule has 1 aliphatic rings. The summed E-state index contributed by atoms with van der Waals surface area (Å²) in [6, 6.07) is 3.21. The lowest BCUT2D eigenvalue weighted by Gasteiger charge is -2.17. The van der Waals surface area contributed by atoms with Crippen molar-refractivity contribution in [1.29, 1.82) is 0 Å². The molecule has 0 aliphatic heterocycles. The van der Waals surface area contributed by atoms with Crippen molar-refractivity contribution in [3.8, 4) is 0 Å². The molecule has 1 aliphatic carbocycles. The van der Waals surface area contributed by atoms with Gasteiger partial charge in [-0.15, -0.1) is 0 Å². The predicted octanol–water partition coefficient (Wildman–Crippen LogP) is 2.30. The second-order valence-corrected chi connectivity index (χ2v) is 4.82. The largest absolute Gasteiger partial charge is 0.465 e. The standard InChI is InChI=1S/C15H19NO4/c17-14(20-11-12-5-2-1-3-6-12)8-9-16-15(18)13-7-4-10-19-13/h1-2,4,7,10,12H,3,5-6,8-9,11H2,(H,16,18). The van der Waals surface area contributed by atoms with Crippen LogP contribution < -0.4 is 5.32 Å². The van der Waals surface area contributed by atoms with Crippen molar-refractivity contribution >= 4 is 11.9 Å². The van der Waals surface area contributed by atoms with Crippen molar-refractivity contribution in [2.24, 2.45) is 5.92 Å². The SMILES string of the molecule is O=C(CCNC(=O)c1ccco1)OCC1CC=CCC1. The van der Waals surface area contributed by atoms with Crippen molar-refractivity contribution < 1.29 is 18.7 Å². The first kappa shape index (κ1) is 14.4. The number of amides is 1. The van der Waals surface area contributed by atoms with Crippen LogP contribution in [0.4, 0.5) is 0 Å². The number of rotatable bonds is 6. The van der Waals surface area contributed by atoms with Crippen LogP contribution in [0.15, 0.2) is 35.0 Å². The van der Waals surface area contributed by atoms with E-state index in [2.05, 4.69) is 17.5 Å². The van der Waals surface area contributed by atoms with Gasteiger partial charge in [0.15, 0.2) is 5.76 Å². The van der Waals surface area contributed by atoms with Gasteiger partial charge in [0.05, 0.1) is 19.3 Å². The molecule has 0 fully saturated rings. The van der Waals surface area contributed by atoms with Crippen LogP contribution in [-0.4, -0.2) is 25.0 Å². The number of carbonyl (C=O) groups is 2. The summed E-state index contributed by atoms with van der Waals surface area (Å²) < 4.78 is 10.2. The number of ether oxygens (including phenoxy) is 1. The molecule has 1 aromatic heterocycles. The maximum absolute atomic E-state index is 11.5. The van der Waals surface area contributed by atoms with Gasteiger partial charge in [-0.25, -0.2) is 0 Å². The van der Waals surface area contributed by atoms with Gasteiger partial charge in [-0.1, -0.05) is 12.2 Å². The van der Waals surface area contributed by atoms with Crippen LogP contribution in [0.5, 0.6) is 0 Å². The van der Waals surface area contributed by atoms with E-state index in [1.807, 2.05) is 0 Å². The molecular formula is C15H19NO4. The van der Waals surface area contributed by atoms with Gasteiger partial charge in [0.25, 0.3) is 5.91 Å². The number of esters is 1. The predicted molar refractivity (Wildman–Crippen MR) is 73.1 cm³/mol. The highest BCUT2D eigenvalue weighted by atomic mass is 16.5. The molecule has 0 spiro atoms. The summed E-state index contributed by atoms with van der Waals surface area (Å²) in [7, 11) is 0. The molecule has 2 rings (SSSR count). The Hall–Kier alpha value is -2.04. The van der Waals surface area contributed by atoms with Gasteiger partial charge in [-0.05, 0) is 37.3 Å². The molecule has 108 valence electrons. The molecule has 0 radical (unpaired) electrons. The molecule has 20 heavy (non-hydrogen) atoms. The minimum Gasteiger partial charge on any atom is -0.465 e. The van der Waals surface area contributed by atoms with E-state index in [-0.39, 0.29) is 30.6 Å². The summed E-state index contributed by atoms with van der Waals surface area (Å²) in [5.41, 5.74) is 0. The fourth-order valence-electron chi connectivity index (χ4n) is 2.06. The van der Waals surface area contributed by atoms with Crippen molar-refractivity contribution in [3.05, 3.63) is 36.3 Å². The number of hydrogen-bond donors (Lipinski definition) is 1. The zero-order chi connectivity index (χ0) is 14.2. The van der Waals surface area contributed by atoms with Gasteiger partial charge in [0, 0.05) is 6.54 Å². The third kappa shape index (κ3) is 4.57. The number of allylic oxidation sites excluding steroid dienone is 2. The maximum atomic E-state index is 11.5. The minimum atomic E-state index is -0.319. The zero-order valence-corrected chi connectivity index (χ0v) is 11.3. The Labute approximate surface area is 118 Å². The van der Waals surface area contributed by atoms with E-state index in [0.717, 1.165) is 19.3 Å². The Bertz CT molecular complexity index is 464. The summed E-state index contributed by atoms with van der Waals surface area (Å²) in [5, 5.41) is 2.61. The van der Waals surface area contributed by atoms with Crippen LogP contribution in [0.2, 0.25) is 0 Å². The first-order chi connectivity index (χ1) is 9.75. The Morgan fingerprint density at radius 2 is 2.30 bits per heavy atom. The van der Waals surface area contributed by atoms with Crippen molar-refractivity contribution in [1.82, 2.24) is 5.32 Å². The van der Waals surface area contributed by atoms with Crippen LogP contribution >= 0.6 is 0 Å². The molecule has 0 saturated heterocycles. The molecule has 1 N–H and O–H groups in total. The fraction of sp³-hybridized carbons (Fsp3) is 0.467. The smallest absolute Gasteiger partial charge is 0.307 e. The lowest BCUT2D eigenvalue weighted by Crippen LogP contribution is -2.26. The van der Waals surface area contributed by atoms with Gasteiger partial charge in [0.2, 0.25) is 0 Å². The highest BCUT2D eigenvalue weighted by Gasteiger charge is 2.13. The molecule has 1 atom stereocenters. The van der Waals surface area contributed by atoms with Gasteiger partial charge >= 0.3 is 5.97 Å². The van der Waals surface area contributed by atoms with E-state index < -0.39 is 0 Å². The number of furan rings is 1.